The van der Waals surface area contributed by atoms with Crippen molar-refractivity contribution >= 4 is 29.3 Å². The Kier molecular flexibility index (Phi) is 9.68. The van der Waals surface area contributed by atoms with Crippen molar-refractivity contribution in [2.24, 2.45) is 17.8 Å². The maximum absolute atomic E-state index is 15.8. The maximum atomic E-state index is 15.8. The molecule has 2 aliphatic carbocycles. The van der Waals surface area contributed by atoms with Crippen LogP contribution >= 0.6 is 0 Å². The van der Waals surface area contributed by atoms with Crippen LogP contribution in [0.5, 0.6) is 0 Å². The van der Waals surface area contributed by atoms with Gasteiger partial charge in [0.25, 0.3) is 5.91 Å². The molecule has 47 heavy (non-hydrogen) atoms. The highest BCUT2D eigenvalue weighted by molar-refractivity contribution is 6.01. The average Bonchev–Trinajstić information content (AvgIpc) is 4.01. The molecule has 11 nitrogen and oxygen atoms in total. The molecule has 0 unspecified atom stereocenters. The van der Waals surface area contributed by atoms with Crippen molar-refractivity contribution in [1.29, 1.82) is 0 Å². The van der Waals surface area contributed by atoms with Gasteiger partial charge in [-0.2, -0.15) is 5.10 Å². The van der Waals surface area contributed by atoms with Crippen molar-refractivity contribution in [3.8, 4) is 0 Å². The quantitative estimate of drug-likeness (QED) is 0.305. The lowest BCUT2D eigenvalue weighted by molar-refractivity contribution is -0.139. The van der Waals surface area contributed by atoms with Gasteiger partial charge in [0.2, 0.25) is 17.7 Å². The number of hydrogen-bond donors (Lipinski definition) is 3. The van der Waals surface area contributed by atoms with Crippen LogP contribution in [0.3, 0.4) is 0 Å². The van der Waals surface area contributed by atoms with E-state index in [1.165, 1.54) is 12.1 Å². The second kappa shape index (κ2) is 13.7. The molecule has 3 heterocycles. The molecule has 254 valence electrons. The van der Waals surface area contributed by atoms with E-state index in [1.54, 1.807) is 29.9 Å². The summed E-state index contributed by atoms with van der Waals surface area (Å²) < 4.78 is 17.3. The van der Waals surface area contributed by atoms with Gasteiger partial charge >= 0.3 is 0 Å². The Morgan fingerprint density at radius 3 is 2.17 bits per heavy atom. The lowest BCUT2D eigenvalue weighted by atomic mass is 9.88. The molecule has 4 fully saturated rings. The van der Waals surface area contributed by atoms with Crippen molar-refractivity contribution in [3.63, 3.8) is 0 Å². The van der Waals surface area contributed by atoms with Crippen LogP contribution in [0, 0.1) is 23.6 Å². The molecule has 2 saturated heterocycles. The summed E-state index contributed by atoms with van der Waals surface area (Å²) in [5.74, 6) is -1.69. The molecule has 12 heteroatoms. The van der Waals surface area contributed by atoms with Crippen LogP contribution in [0.2, 0.25) is 0 Å². The SMILES string of the molecule is CCC(=O)N[C@@H](C(=O)N1C[C@H]2CC[C@@H](C1)N2C)[C@@H](C)c1ccc(NC(=O)[C@@H](NC(=O)c2ccnn2CC)C(C2CC2)C2CC2)c(F)c1. The molecule has 2 aliphatic heterocycles. The average molecular weight is 650 g/mol. The van der Waals surface area contributed by atoms with Gasteiger partial charge in [0.15, 0.2) is 0 Å². The molecule has 1 aromatic carbocycles. The Morgan fingerprint density at radius 2 is 1.60 bits per heavy atom. The van der Waals surface area contributed by atoms with E-state index in [-0.39, 0.29) is 35.7 Å². The predicted octanol–water partition coefficient (Wildman–Crippen LogP) is 3.52. The summed E-state index contributed by atoms with van der Waals surface area (Å²) in [7, 11) is 2.10. The van der Waals surface area contributed by atoms with Crippen LogP contribution in [0.25, 0.3) is 0 Å². The Hall–Kier alpha value is -3.80. The molecule has 4 aliphatic rings. The van der Waals surface area contributed by atoms with Gasteiger partial charge in [0.05, 0.1) is 5.69 Å². The van der Waals surface area contributed by atoms with Gasteiger partial charge in [-0.25, -0.2) is 4.39 Å². The first kappa shape index (κ1) is 33.1. The van der Waals surface area contributed by atoms with Gasteiger partial charge < -0.3 is 20.9 Å². The topological polar surface area (TPSA) is 129 Å². The summed E-state index contributed by atoms with van der Waals surface area (Å²) in [5, 5.41) is 12.8. The summed E-state index contributed by atoms with van der Waals surface area (Å²) in [6.07, 6.45) is 7.92. The maximum Gasteiger partial charge on any atom is 0.270 e. The van der Waals surface area contributed by atoms with Gasteiger partial charge in [-0.05, 0) is 94.0 Å². The van der Waals surface area contributed by atoms with Crippen molar-refractivity contribution in [2.75, 3.05) is 25.5 Å². The zero-order chi connectivity index (χ0) is 33.4. The molecule has 4 amide bonds. The Balaban J connectivity index is 1.19. The lowest BCUT2D eigenvalue weighted by Gasteiger charge is -2.41. The number of nitrogens with zero attached hydrogens (tertiary/aromatic N) is 4. The lowest BCUT2D eigenvalue weighted by Crippen LogP contribution is -2.59. The molecule has 1 aromatic heterocycles. The normalized spacial score (nSPS) is 22.9. The first-order valence-corrected chi connectivity index (χ1v) is 17.3. The zero-order valence-corrected chi connectivity index (χ0v) is 27.9. The number of aryl methyl sites for hydroxylation is 1. The highest BCUT2D eigenvalue weighted by Gasteiger charge is 2.48. The van der Waals surface area contributed by atoms with Crippen molar-refractivity contribution in [1.82, 2.24) is 30.2 Å². The minimum atomic E-state index is -0.848. The number of likely N-dealkylation sites (tertiary alicyclic amines) is 1. The van der Waals surface area contributed by atoms with Crippen LogP contribution < -0.4 is 16.0 Å². The Morgan fingerprint density at radius 1 is 0.936 bits per heavy atom. The van der Waals surface area contributed by atoms with Crippen molar-refractivity contribution in [3.05, 3.63) is 47.5 Å². The number of aromatic nitrogens is 2. The van der Waals surface area contributed by atoms with Crippen LogP contribution in [0.4, 0.5) is 10.1 Å². The van der Waals surface area contributed by atoms with Crippen LogP contribution in [-0.2, 0) is 20.9 Å². The van der Waals surface area contributed by atoms with Gasteiger partial charge in [-0.3, -0.25) is 28.8 Å². The number of nitrogens with one attached hydrogen (secondary N) is 3. The third kappa shape index (κ3) is 7.07. The molecular weight excluding hydrogens is 601 g/mol. The van der Waals surface area contributed by atoms with Gasteiger partial charge in [-0.1, -0.05) is 19.9 Å². The summed E-state index contributed by atoms with van der Waals surface area (Å²) >= 11 is 0. The molecular formula is C35H48FN7O4. The van der Waals surface area contributed by atoms with E-state index in [9.17, 15) is 19.2 Å². The predicted molar refractivity (Wildman–Crippen MR) is 175 cm³/mol. The van der Waals surface area contributed by atoms with Crippen LogP contribution in [0.15, 0.2) is 30.5 Å². The number of halogens is 1. The molecule has 0 spiro atoms. The number of fused-ring (bicyclic) bond motifs is 2. The largest absolute Gasteiger partial charge is 0.344 e. The summed E-state index contributed by atoms with van der Waals surface area (Å²) in [4.78, 5) is 57.8. The zero-order valence-electron chi connectivity index (χ0n) is 27.9. The molecule has 2 bridgehead atoms. The monoisotopic (exact) mass is 649 g/mol. The number of carbonyl (C=O) groups excluding carboxylic acids is 4. The smallest absolute Gasteiger partial charge is 0.270 e. The number of hydrogen-bond acceptors (Lipinski definition) is 6. The molecule has 6 rings (SSSR count). The number of likely N-dealkylation sites (N-methyl/N-ethyl adjacent to an activating group) is 1. The fourth-order valence-corrected chi connectivity index (χ4v) is 7.71. The number of anilines is 1. The van der Waals surface area contributed by atoms with E-state index >= 15 is 4.39 Å². The molecule has 2 saturated carbocycles. The first-order chi connectivity index (χ1) is 22.6. The van der Waals surface area contributed by atoms with E-state index < -0.39 is 29.7 Å². The third-order valence-corrected chi connectivity index (χ3v) is 10.9. The fraction of sp³-hybridized carbons (Fsp3) is 0.629. The van der Waals surface area contributed by atoms with E-state index in [0.717, 1.165) is 38.5 Å². The second-order valence-corrected chi connectivity index (χ2v) is 13.9. The van der Waals surface area contributed by atoms with Crippen molar-refractivity contribution in [2.45, 2.75) is 102 Å². The van der Waals surface area contributed by atoms with Gasteiger partial charge in [0, 0.05) is 50.3 Å². The number of amides is 4. The standard InChI is InChI=1S/C35H48FN7O4/c1-5-29(44)39-31(35(47)42-18-24-12-13-25(19-42)41(24)4)20(3)23-11-14-27(26(36)17-23)38-34(46)32(30(21-7-8-21)22-9-10-22)40-33(45)28-15-16-37-43(28)6-2/h11,14-17,20-22,24-25,30-32H,5-10,12-13,18-19H2,1-4H3,(H,38,46)(H,39,44)(H,40,45)/t20-,24-,25+,31+,32-/m0/s1. The molecule has 0 radical (unpaired) electrons. The minimum absolute atomic E-state index is 0.00487. The molecule has 5 atom stereocenters. The minimum Gasteiger partial charge on any atom is -0.344 e. The van der Waals surface area contributed by atoms with Gasteiger partial charge in [0.1, 0.15) is 23.6 Å². The Bertz CT molecular complexity index is 1480. The van der Waals surface area contributed by atoms with Crippen LogP contribution in [-0.4, -0.2) is 87.5 Å². The number of benzene rings is 1. The van der Waals surface area contributed by atoms with Crippen molar-refractivity contribution < 1.29 is 23.6 Å². The number of rotatable bonds is 13. The Labute approximate surface area is 276 Å². The van der Waals surface area contributed by atoms with E-state index in [1.807, 2.05) is 18.7 Å². The summed E-state index contributed by atoms with van der Waals surface area (Å²) in [6, 6.07) is 5.11. The number of carbonyl (C=O) groups is 4. The van der Waals surface area contributed by atoms with E-state index in [2.05, 4.69) is 33.0 Å². The van der Waals surface area contributed by atoms with Gasteiger partial charge in [-0.15, -0.1) is 0 Å². The summed E-state index contributed by atoms with van der Waals surface area (Å²) in [6.45, 7) is 7.18. The first-order valence-electron chi connectivity index (χ1n) is 17.3. The van der Waals surface area contributed by atoms with Crippen LogP contribution in [0.1, 0.15) is 87.7 Å². The number of piperazine rings is 1. The molecule has 2 aromatic rings. The third-order valence-electron chi connectivity index (χ3n) is 10.9. The fourth-order valence-electron chi connectivity index (χ4n) is 7.71. The summed E-state index contributed by atoms with van der Waals surface area (Å²) in [5.41, 5.74) is 0.924. The van der Waals surface area contributed by atoms with E-state index in [0.29, 0.717) is 54.8 Å². The highest BCUT2D eigenvalue weighted by atomic mass is 19.1. The highest BCUT2D eigenvalue weighted by Crippen LogP contribution is 2.51. The second-order valence-electron chi connectivity index (χ2n) is 13.9. The molecule has 3 N–H and O–H groups in total. The van der Waals surface area contributed by atoms with E-state index in [4.69, 9.17) is 0 Å².